The number of benzene rings is 1. The molecular weight excluding hydrogens is 238 g/mol. The van der Waals surface area contributed by atoms with Crippen LogP contribution in [0.25, 0.3) is 0 Å². The monoisotopic (exact) mass is 265 g/mol. The number of ether oxygens (including phenoxy) is 2. The average Bonchev–Trinajstić information content (AvgIpc) is 2.37. The van der Waals surface area contributed by atoms with E-state index in [1.165, 1.54) is 11.1 Å². The molecule has 0 bridgehead atoms. The summed E-state index contributed by atoms with van der Waals surface area (Å²) in [5.41, 5.74) is 2.51. The summed E-state index contributed by atoms with van der Waals surface area (Å²) < 4.78 is 11.0. The van der Waals surface area contributed by atoms with Crippen LogP contribution in [-0.2, 0) is 4.74 Å². The van der Waals surface area contributed by atoms with Crippen molar-refractivity contribution in [2.24, 2.45) is 0 Å². The molecule has 19 heavy (non-hydrogen) atoms. The summed E-state index contributed by atoms with van der Waals surface area (Å²) in [6.07, 6.45) is 0.151. The highest BCUT2D eigenvalue weighted by Gasteiger charge is 2.08. The molecule has 1 unspecified atom stereocenters. The van der Waals surface area contributed by atoms with Crippen molar-refractivity contribution in [2.75, 3.05) is 26.8 Å². The van der Waals surface area contributed by atoms with Crippen LogP contribution in [0, 0.1) is 6.92 Å². The summed E-state index contributed by atoms with van der Waals surface area (Å²) in [6.45, 7) is 11.0. The molecule has 1 aromatic rings. The number of rotatable bonds is 8. The molecular formula is C16H27NO2. The number of hydrogen-bond acceptors (Lipinski definition) is 3. The molecule has 0 amide bonds. The Kier molecular flexibility index (Phi) is 6.89. The normalized spacial score (nSPS) is 12.7. The van der Waals surface area contributed by atoms with Gasteiger partial charge in [-0.2, -0.15) is 0 Å². The number of nitrogens with one attached hydrogen (secondary N) is 1. The first-order valence-electron chi connectivity index (χ1n) is 7.01. The van der Waals surface area contributed by atoms with Crippen molar-refractivity contribution < 1.29 is 9.47 Å². The van der Waals surface area contributed by atoms with Gasteiger partial charge in [-0.1, -0.05) is 26.0 Å². The minimum absolute atomic E-state index is 0.151. The first-order valence-corrected chi connectivity index (χ1v) is 7.01. The maximum Gasteiger partial charge on any atom is 0.122 e. The van der Waals surface area contributed by atoms with Crippen LogP contribution in [0.3, 0.4) is 0 Å². The van der Waals surface area contributed by atoms with E-state index in [-0.39, 0.29) is 6.10 Å². The van der Waals surface area contributed by atoms with Crippen molar-refractivity contribution in [1.29, 1.82) is 0 Å². The van der Waals surface area contributed by atoms with Crippen LogP contribution in [0.15, 0.2) is 18.2 Å². The van der Waals surface area contributed by atoms with Gasteiger partial charge in [0.1, 0.15) is 11.9 Å². The fourth-order valence-corrected chi connectivity index (χ4v) is 1.84. The molecule has 0 aliphatic heterocycles. The van der Waals surface area contributed by atoms with Gasteiger partial charge in [0.05, 0.1) is 6.61 Å². The maximum absolute atomic E-state index is 6.01. The van der Waals surface area contributed by atoms with E-state index in [1.807, 2.05) is 0 Å². The van der Waals surface area contributed by atoms with Crippen molar-refractivity contribution >= 4 is 0 Å². The average molecular weight is 265 g/mol. The molecule has 1 rings (SSSR count). The maximum atomic E-state index is 6.01. The van der Waals surface area contributed by atoms with Crippen LogP contribution in [0.2, 0.25) is 0 Å². The molecule has 0 aliphatic carbocycles. The molecule has 1 N–H and O–H groups in total. The summed E-state index contributed by atoms with van der Waals surface area (Å²) in [5.74, 6) is 1.52. The summed E-state index contributed by atoms with van der Waals surface area (Å²) in [7, 11) is 1.71. The molecule has 108 valence electrons. The van der Waals surface area contributed by atoms with E-state index in [0.29, 0.717) is 5.92 Å². The van der Waals surface area contributed by atoms with Crippen molar-refractivity contribution in [3.8, 4) is 5.75 Å². The lowest BCUT2D eigenvalue weighted by Gasteiger charge is -2.18. The highest BCUT2D eigenvalue weighted by atomic mass is 16.5. The quantitative estimate of drug-likeness (QED) is 0.733. The predicted molar refractivity (Wildman–Crippen MR) is 80.1 cm³/mol. The molecule has 0 radical (unpaired) electrons. The second kappa shape index (κ2) is 8.18. The Labute approximate surface area is 117 Å². The summed E-state index contributed by atoms with van der Waals surface area (Å²) in [5, 5.41) is 3.31. The topological polar surface area (TPSA) is 30.5 Å². The highest BCUT2D eigenvalue weighted by molar-refractivity contribution is 5.37. The standard InChI is InChI=1S/C16H27NO2/c1-12(2)15-7-6-13(3)16(10-15)19-14(4)11-17-8-9-18-5/h6-7,10,12,14,17H,8-9,11H2,1-5H3. The zero-order chi connectivity index (χ0) is 14.3. The Morgan fingerprint density at radius 2 is 1.95 bits per heavy atom. The Balaban J connectivity index is 2.53. The van der Waals surface area contributed by atoms with Crippen LogP contribution in [0.5, 0.6) is 5.75 Å². The zero-order valence-electron chi connectivity index (χ0n) is 12.8. The second-order valence-electron chi connectivity index (χ2n) is 5.31. The fraction of sp³-hybridized carbons (Fsp3) is 0.625. The minimum Gasteiger partial charge on any atom is -0.489 e. The lowest BCUT2D eigenvalue weighted by Crippen LogP contribution is -2.31. The number of aryl methyl sites for hydroxylation is 1. The second-order valence-corrected chi connectivity index (χ2v) is 5.31. The highest BCUT2D eigenvalue weighted by Crippen LogP contribution is 2.24. The van der Waals surface area contributed by atoms with E-state index < -0.39 is 0 Å². The summed E-state index contributed by atoms with van der Waals surface area (Å²) in [6, 6.07) is 6.47. The Hall–Kier alpha value is -1.06. The molecule has 0 saturated carbocycles. The molecule has 0 heterocycles. The van der Waals surface area contributed by atoms with Gasteiger partial charge in [-0.05, 0) is 37.0 Å². The molecule has 0 aliphatic rings. The SMILES string of the molecule is COCCNCC(C)Oc1cc(C(C)C)ccc1C. The van der Waals surface area contributed by atoms with Gasteiger partial charge < -0.3 is 14.8 Å². The third-order valence-corrected chi connectivity index (χ3v) is 3.12. The fourth-order valence-electron chi connectivity index (χ4n) is 1.84. The van der Waals surface area contributed by atoms with E-state index >= 15 is 0 Å². The van der Waals surface area contributed by atoms with Crippen LogP contribution in [0.4, 0.5) is 0 Å². The van der Waals surface area contributed by atoms with Crippen molar-refractivity contribution in [3.05, 3.63) is 29.3 Å². The molecule has 0 saturated heterocycles. The van der Waals surface area contributed by atoms with Gasteiger partial charge in [0.15, 0.2) is 0 Å². The van der Waals surface area contributed by atoms with Gasteiger partial charge in [0.25, 0.3) is 0 Å². The van der Waals surface area contributed by atoms with Gasteiger partial charge in [-0.3, -0.25) is 0 Å². The van der Waals surface area contributed by atoms with Gasteiger partial charge in [-0.25, -0.2) is 0 Å². The van der Waals surface area contributed by atoms with Crippen molar-refractivity contribution in [3.63, 3.8) is 0 Å². The first-order chi connectivity index (χ1) is 9.04. The smallest absolute Gasteiger partial charge is 0.122 e. The minimum atomic E-state index is 0.151. The van der Waals surface area contributed by atoms with Crippen LogP contribution < -0.4 is 10.1 Å². The van der Waals surface area contributed by atoms with E-state index in [0.717, 1.165) is 25.4 Å². The zero-order valence-corrected chi connectivity index (χ0v) is 12.8. The summed E-state index contributed by atoms with van der Waals surface area (Å²) in [4.78, 5) is 0. The number of hydrogen-bond donors (Lipinski definition) is 1. The molecule has 0 aromatic heterocycles. The predicted octanol–water partition coefficient (Wildman–Crippen LogP) is 3.12. The van der Waals surface area contributed by atoms with Crippen LogP contribution >= 0.6 is 0 Å². The molecule has 3 heteroatoms. The molecule has 0 spiro atoms. The Morgan fingerprint density at radius 3 is 2.58 bits per heavy atom. The lowest BCUT2D eigenvalue weighted by molar-refractivity contribution is 0.183. The largest absolute Gasteiger partial charge is 0.489 e. The van der Waals surface area contributed by atoms with Gasteiger partial charge in [0, 0.05) is 20.2 Å². The van der Waals surface area contributed by atoms with E-state index in [2.05, 4.69) is 51.2 Å². The van der Waals surface area contributed by atoms with E-state index in [1.54, 1.807) is 7.11 Å². The van der Waals surface area contributed by atoms with Crippen LogP contribution in [-0.4, -0.2) is 32.9 Å². The molecule has 1 aromatic carbocycles. The molecule has 3 nitrogen and oxygen atoms in total. The molecule has 0 fully saturated rings. The Morgan fingerprint density at radius 1 is 1.21 bits per heavy atom. The third kappa shape index (κ3) is 5.62. The van der Waals surface area contributed by atoms with Crippen LogP contribution in [0.1, 0.15) is 37.8 Å². The first kappa shape index (κ1) is 16.0. The lowest BCUT2D eigenvalue weighted by atomic mass is 10.0. The Bertz CT molecular complexity index is 377. The number of methoxy groups -OCH3 is 1. The summed E-state index contributed by atoms with van der Waals surface area (Å²) >= 11 is 0. The van der Waals surface area contributed by atoms with Gasteiger partial charge in [0.2, 0.25) is 0 Å². The van der Waals surface area contributed by atoms with Gasteiger partial charge >= 0.3 is 0 Å². The van der Waals surface area contributed by atoms with Crippen molar-refractivity contribution in [2.45, 2.75) is 39.7 Å². The van der Waals surface area contributed by atoms with Crippen molar-refractivity contribution in [1.82, 2.24) is 5.32 Å². The van der Waals surface area contributed by atoms with E-state index in [4.69, 9.17) is 9.47 Å². The van der Waals surface area contributed by atoms with Gasteiger partial charge in [-0.15, -0.1) is 0 Å². The van der Waals surface area contributed by atoms with E-state index in [9.17, 15) is 0 Å². The third-order valence-electron chi connectivity index (χ3n) is 3.12. The molecule has 1 atom stereocenters.